The average Bonchev–Trinajstić information content (AvgIpc) is 2.63. The molecule has 0 aliphatic carbocycles. The number of rotatable bonds is 5. The van der Waals surface area contributed by atoms with Crippen LogP contribution in [0.3, 0.4) is 0 Å². The van der Waals surface area contributed by atoms with E-state index in [0.717, 1.165) is 20.6 Å². The number of amides is 1. The Morgan fingerprint density at radius 1 is 0.833 bits per heavy atom. The summed E-state index contributed by atoms with van der Waals surface area (Å²) < 4.78 is 0.870. The Kier molecular flexibility index (Phi) is 5.72. The largest absolute Gasteiger partial charge is 0.324 e. The number of halogens is 1. The average molecular weight is 398 g/mol. The molecular weight excluding hydrogens is 382 g/mol. The highest BCUT2D eigenvalue weighted by molar-refractivity contribution is 9.10. The summed E-state index contributed by atoms with van der Waals surface area (Å²) in [5.41, 5.74) is 1.76. The van der Waals surface area contributed by atoms with Gasteiger partial charge in [-0.2, -0.15) is 0 Å². The van der Waals surface area contributed by atoms with Gasteiger partial charge in [0.1, 0.15) is 5.25 Å². The van der Waals surface area contributed by atoms with Crippen LogP contribution in [-0.2, 0) is 4.79 Å². The molecule has 0 saturated carbocycles. The van der Waals surface area contributed by atoms with Crippen LogP contribution in [0.15, 0.2) is 94.3 Å². The molecule has 0 unspecified atom stereocenters. The number of benzene rings is 3. The Morgan fingerprint density at radius 2 is 1.42 bits per heavy atom. The van der Waals surface area contributed by atoms with Gasteiger partial charge < -0.3 is 5.32 Å². The van der Waals surface area contributed by atoms with E-state index in [-0.39, 0.29) is 11.2 Å². The molecule has 2 nitrogen and oxygen atoms in total. The summed E-state index contributed by atoms with van der Waals surface area (Å²) in [6.07, 6.45) is 0. The van der Waals surface area contributed by atoms with Crippen molar-refractivity contribution in [1.82, 2.24) is 0 Å². The van der Waals surface area contributed by atoms with E-state index in [1.54, 1.807) is 11.8 Å². The summed E-state index contributed by atoms with van der Waals surface area (Å²) in [5.74, 6) is -0.0399. The summed E-state index contributed by atoms with van der Waals surface area (Å²) in [7, 11) is 0. The van der Waals surface area contributed by atoms with Crippen LogP contribution in [0, 0.1) is 0 Å². The van der Waals surface area contributed by atoms with Crippen molar-refractivity contribution in [2.45, 2.75) is 10.1 Å². The minimum atomic E-state index is -0.319. The third-order valence-corrected chi connectivity index (χ3v) is 5.43. The molecule has 4 heteroatoms. The first-order valence-electron chi connectivity index (χ1n) is 7.56. The Balaban J connectivity index is 1.87. The lowest BCUT2D eigenvalue weighted by molar-refractivity contribution is -0.115. The van der Waals surface area contributed by atoms with Crippen molar-refractivity contribution in [2.75, 3.05) is 5.32 Å². The van der Waals surface area contributed by atoms with E-state index in [1.165, 1.54) is 0 Å². The Labute approximate surface area is 154 Å². The number of para-hydroxylation sites is 1. The van der Waals surface area contributed by atoms with E-state index < -0.39 is 0 Å². The Hall–Kier alpha value is -2.04. The van der Waals surface area contributed by atoms with Crippen LogP contribution < -0.4 is 5.32 Å². The van der Waals surface area contributed by atoms with E-state index in [0.29, 0.717) is 0 Å². The lowest BCUT2D eigenvalue weighted by atomic mass is 10.1. The van der Waals surface area contributed by atoms with Crippen LogP contribution in [0.5, 0.6) is 0 Å². The monoisotopic (exact) mass is 397 g/mol. The predicted octanol–water partition coefficient (Wildman–Crippen LogP) is 5.92. The molecule has 1 amide bonds. The fourth-order valence-electron chi connectivity index (χ4n) is 2.30. The molecule has 3 aromatic rings. The van der Waals surface area contributed by atoms with Crippen LogP contribution in [0.2, 0.25) is 0 Å². The van der Waals surface area contributed by atoms with Gasteiger partial charge in [0.2, 0.25) is 5.91 Å². The maximum Gasteiger partial charge on any atom is 0.242 e. The van der Waals surface area contributed by atoms with Crippen LogP contribution in [0.4, 0.5) is 5.69 Å². The van der Waals surface area contributed by atoms with Gasteiger partial charge in [0.15, 0.2) is 0 Å². The van der Waals surface area contributed by atoms with E-state index in [1.807, 2.05) is 84.9 Å². The van der Waals surface area contributed by atoms with Crippen LogP contribution in [0.1, 0.15) is 10.8 Å². The zero-order chi connectivity index (χ0) is 16.8. The van der Waals surface area contributed by atoms with E-state index in [4.69, 9.17) is 0 Å². The second kappa shape index (κ2) is 8.18. The van der Waals surface area contributed by atoms with Gasteiger partial charge in [-0.15, -0.1) is 11.8 Å². The first-order valence-corrected chi connectivity index (χ1v) is 9.23. The third-order valence-electron chi connectivity index (χ3n) is 3.47. The quantitative estimate of drug-likeness (QED) is 0.541. The predicted molar refractivity (Wildman–Crippen MR) is 104 cm³/mol. The number of anilines is 1. The van der Waals surface area contributed by atoms with E-state index >= 15 is 0 Å². The van der Waals surface area contributed by atoms with Crippen molar-refractivity contribution in [3.63, 3.8) is 0 Å². The van der Waals surface area contributed by atoms with Crippen molar-refractivity contribution in [3.8, 4) is 0 Å². The highest BCUT2D eigenvalue weighted by Crippen LogP contribution is 2.36. The molecule has 3 rings (SSSR count). The van der Waals surface area contributed by atoms with Gasteiger partial charge in [0.25, 0.3) is 0 Å². The fourth-order valence-corrected chi connectivity index (χ4v) is 3.73. The molecule has 0 aromatic heterocycles. The second-order valence-electron chi connectivity index (χ2n) is 5.19. The SMILES string of the molecule is O=C(Nc1ccccc1Br)[C@@H](Sc1ccccc1)c1ccccc1. The van der Waals surface area contributed by atoms with Crippen LogP contribution in [0.25, 0.3) is 0 Å². The molecule has 24 heavy (non-hydrogen) atoms. The second-order valence-corrected chi connectivity index (χ2v) is 7.22. The van der Waals surface area contributed by atoms with Gasteiger partial charge in [0.05, 0.1) is 5.69 Å². The number of carbonyl (C=O) groups is 1. The number of hydrogen-bond donors (Lipinski definition) is 1. The van der Waals surface area contributed by atoms with Gasteiger partial charge >= 0.3 is 0 Å². The molecule has 0 spiro atoms. The van der Waals surface area contributed by atoms with Crippen molar-refractivity contribution < 1.29 is 4.79 Å². The first-order chi connectivity index (χ1) is 11.7. The van der Waals surface area contributed by atoms with Crippen molar-refractivity contribution >= 4 is 39.3 Å². The molecule has 1 N–H and O–H groups in total. The normalized spacial score (nSPS) is 11.7. The molecule has 0 saturated heterocycles. The van der Waals surface area contributed by atoms with Crippen LogP contribution >= 0.6 is 27.7 Å². The lowest BCUT2D eigenvalue weighted by Gasteiger charge is -2.17. The number of hydrogen-bond acceptors (Lipinski definition) is 2. The van der Waals surface area contributed by atoms with Crippen LogP contribution in [-0.4, -0.2) is 5.91 Å². The molecule has 0 fully saturated rings. The minimum Gasteiger partial charge on any atom is -0.324 e. The third kappa shape index (κ3) is 4.28. The topological polar surface area (TPSA) is 29.1 Å². The molecule has 0 heterocycles. The summed E-state index contributed by atoms with van der Waals surface area (Å²) in [5, 5.41) is 2.70. The van der Waals surface area contributed by atoms with Gasteiger partial charge in [-0.3, -0.25) is 4.79 Å². The van der Waals surface area contributed by atoms with E-state index in [2.05, 4.69) is 21.2 Å². The molecule has 120 valence electrons. The Morgan fingerprint density at radius 3 is 2.08 bits per heavy atom. The lowest BCUT2D eigenvalue weighted by Crippen LogP contribution is -2.19. The minimum absolute atomic E-state index is 0.0399. The van der Waals surface area contributed by atoms with Crippen molar-refractivity contribution in [1.29, 1.82) is 0 Å². The van der Waals surface area contributed by atoms with Gasteiger partial charge in [-0.25, -0.2) is 0 Å². The van der Waals surface area contributed by atoms with Gasteiger partial charge in [-0.1, -0.05) is 60.7 Å². The summed E-state index contributed by atoms with van der Waals surface area (Å²) in [6.45, 7) is 0. The highest BCUT2D eigenvalue weighted by Gasteiger charge is 2.22. The number of nitrogens with one attached hydrogen (secondary N) is 1. The molecule has 1 atom stereocenters. The van der Waals surface area contributed by atoms with Crippen molar-refractivity contribution in [3.05, 3.63) is 95.0 Å². The zero-order valence-electron chi connectivity index (χ0n) is 12.9. The highest BCUT2D eigenvalue weighted by atomic mass is 79.9. The fraction of sp³-hybridized carbons (Fsp3) is 0.0500. The molecule has 3 aromatic carbocycles. The van der Waals surface area contributed by atoms with Gasteiger partial charge in [-0.05, 0) is 45.8 Å². The molecule has 0 aliphatic heterocycles. The smallest absolute Gasteiger partial charge is 0.242 e. The molecule has 0 aliphatic rings. The number of carbonyl (C=O) groups excluding carboxylic acids is 1. The maximum absolute atomic E-state index is 12.9. The molecule has 0 radical (unpaired) electrons. The zero-order valence-corrected chi connectivity index (χ0v) is 15.3. The van der Waals surface area contributed by atoms with Gasteiger partial charge in [0, 0.05) is 9.37 Å². The summed E-state index contributed by atoms with van der Waals surface area (Å²) in [6, 6.07) is 27.5. The Bertz CT molecular complexity index is 808. The van der Waals surface area contributed by atoms with Crippen molar-refractivity contribution in [2.24, 2.45) is 0 Å². The number of thioether (sulfide) groups is 1. The summed E-state index contributed by atoms with van der Waals surface area (Å²) >= 11 is 5.02. The van der Waals surface area contributed by atoms with E-state index in [9.17, 15) is 4.79 Å². The maximum atomic E-state index is 12.9. The first kappa shape index (κ1) is 16.8. The molecule has 0 bridgehead atoms. The summed E-state index contributed by atoms with van der Waals surface area (Å²) in [4.78, 5) is 14.0. The standard InChI is InChI=1S/C20H16BrNOS/c21-17-13-7-8-14-18(17)22-20(23)19(15-9-3-1-4-10-15)24-16-11-5-2-6-12-16/h1-14,19H,(H,22,23)/t19-/m0/s1. The molecular formula is C20H16BrNOS.